The lowest BCUT2D eigenvalue weighted by molar-refractivity contribution is 0.336. The number of methoxy groups -OCH3 is 2. The molecule has 1 heterocycles. The van der Waals surface area contributed by atoms with Gasteiger partial charge in [-0.3, -0.25) is 0 Å². The molecule has 2 rings (SSSR count). The van der Waals surface area contributed by atoms with Crippen LogP contribution in [0.25, 0.3) is 0 Å². The third-order valence-electron chi connectivity index (χ3n) is 3.24. The molecule has 0 atom stereocenters. The van der Waals surface area contributed by atoms with Gasteiger partial charge >= 0.3 is 0 Å². The topological polar surface area (TPSA) is 30.5 Å². The zero-order valence-corrected chi connectivity index (χ0v) is 10.2. The van der Waals surface area contributed by atoms with Gasteiger partial charge < -0.3 is 14.8 Å². The van der Waals surface area contributed by atoms with Crippen LogP contribution in [0.4, 0.5) is 0 Å². The molecular formula is C13H19NO2. The Balaban J connectivity index is 2.25. The molecule has 0 amide bonds. The lowest BCUT2D eigenvalue weighted by atomic mass is 9.93. The van der Waals surface area contributed by atoms with Gasteiger partial charge in [-0.2, -0.15) is 0 Å². The summed E-state index contributed by atoms with van der Waals surface area (Å²) in [7, 11) is 3.42. The molecule has 3 heteroatoms. The van der Waals surface area contributed by atoms with Crippen LogP contribution in [0.5, 0.6) is 11.5 Å². The molecule has 0 aliphatic carbocycles. The normalized spacial score (nSPS) is 15.7. The highest BCUT2D eigenvalue weighted by molar-refractivity contribution is 5.49. The van der Waals surface area contributed by atoms with E-state index in [0.717, 1.165) is 42.5 Å². The minimum absolute atomic E-state index is 0.752. The Morgan fingerprint density at radius 2 is 2.00 bits per heavy atom. The summed E-state index contributed by atoms with van der Waals surface area (Å²) in [5.41, 5.74) is 2.38. The van der Waals surface area contributed by atoms with E-state index in [1.165, 1.54) is 5.56 Å². The van der Waals surface area contributed by atoms with Crippen molar-refractivity contribution in [2.45, 2.75) is 13.3 Å². The van der Waals surface area contributed by atoms with Crippen molar-refractivity contribution in [1.29, 1.82) is 0 Å². The molecule has 0 aromatic heterocycles. The van der Waals surface area contributed by atoms with Crippen molar-refractivity contribution in [1.82, 2.24) is 5.32 Å². The first-order valence-electron chi connectivity index (χ1n) is 5.67. The standard InChI is InChI=1S/C13H19NO2/c1-9-12(15-2)5-4-11(13(9)16-3)6-10-7-14-8-10/h4-5,10,14H,6-8H2,1-3H3. The van der Waals surface area contributed by atoms with Crippen LogP contribution in [0.3, 0.4) is 0 Å². The summed E-state index contributed by atoms with van der Waals surface area (Å²) < 4.78 is 10.8. The fourth-order valence-electron chi connectivity index (χ4n) is 2.20. The second kappa shape index (κ2) is 4.74. The smallest absolute Gasteiger partial charge is 0.128 e. The van der Waals surface area contributed by atoms with E-state index in [4.69, 9.17) is 9.47 Å². The van der Waals surface area contributed by atoms with Crippen LogP contribution >= 0.6 is 0 Å². The van der Waals surface area contributed by atoms with Crippen molar-refractivity contribution < 1.29 is 9.47 Å². The molecule has 1 aromatic carbocycles. The average Bonchev–Trinajstić information content (AvgIpc) is 2.23. The van der Waals surface area contributed by atoms with Gasteiger partial charge in [0.2, 0.25) is 0 Å². The maximum absolute atomic E-state index is 5.49. The summed E-state index contributed by atoms with van der Waals surface area (Å²) in [6.45, 7) is 4.28. The Hall–Kier alpha value is -1.22. The third kappa shape index (κ3) is 2.00. The number of benzene rings is 1. The molecule has 0 spiro atoms. The lowest BCUT2D eigenvalue weighted by Crippen LogP contribution is -2.43. The predicted molar refractivity (Wildman–Crippen MR) is 64.3 cm³/mol. The fraction of sp³-hybridized carbons (Fsp3) is 0.538. The van der Waals surface area contributed by atoms with Crippen molar-refractivity contribution in [3.63, 3.8) is 0 Å². The van der Waals surface area contributed by atoms with E-state index in [1.54, 1.807) is 14.2 Å². The highest BCUT2D eigenvalue weighted by Gasteiger charge is 2.20. The monoisotopic (exact) mass is 221 g/mol. The predicted octanol–water partition coefficient (Wildman–Crippen LogP) is 1.77. The molecule has 1 aliphatic heterocycles. The third-order valence-corrected chi connectivity index (χ3v) is 3.24. The molecule has 0 bridgehead atoms. The van der Waals surface area contributed by atoms with Crippen LogP contribution in [-0.2, 0) is 6.42 Å². The highest BCUT2D eigenvalue weighted by atomic mass is 16.5. The van der Waals surface area contributed by atoms with E-state index in [2.05, 4.69) is 11.4 Å². The number of ether oxygens (including phenoxy) is 2. The van der Waals surface area contributed by atoms with E-state index in [9.17, 15) is 0 Å². The van der Waals surface area contributed by atoms with Gasteiger partial charge in [-0.05, 0) is 44.0 Å². The van der Waals surface area contributed by atoms with E-state index < -0.39 is 0 Å². The molecule has 1 aliphatic rings. The van der Waals surface area contributed by atoms with Gasteiger partial charge in [-0.25, -0.2) is 0 Å². The number of hydrogen-bond donors (Lipinski definition) is 1. The highest BCUT2D eigenvalue weighted by Crippen LogP contribution is 2.32. The quantitative estimate of drug-likeness (QED) is 0.840. The van der Waals surface area contributed by atoms with E-state index >= 15 is 0 Å². The Morgan fingerprint density at radius 1 is 1.25 bits per heavy atom. The van der Waals surface area contributed by atoms with Gasteiger partial charge in [0, 0.05) is 5.56 Å². The second-order valence-corrected chi connectivity index (χ2v) is 4.31. The zero-order chi connectivity index (χ0) is 11.5. The second-order valence-electron chi connectivity index (χ2n) is 4.31. The number of nitrogens with one attached hydrogen (secondary N) is 1. The van der Waals surface area contributed by atoms with E-state index in [-0.39, 0.29) is 0 Å². The molecule has 1 aromatic rings. The van der Waals surface area contributed by atoms with Gasteiger partial charge in [-0.15, -0.1) is 0 Å². The first kappa shape index (κ1) is 11.3. The van der Waals surface area contributed by atoms with E-state index in [0.29, 0.717) is 0 Å². The van der Waals surface area contributed by atoms with Gasteiger partial charge in [0.15, 0.2) is 0 Å². The molecule has 0 saturated carbocycles. The summed E-state index contributed by atoms with van der Waals surface area (Å²) in [6.07, 6.45) is 1.08. The summed E-state index contributed by atoms with van der Waals surface area (Å²) >= 11 is 0. The molecule has 1 fully saturated rings. The Kier molecular flexibility index (Phi) is 3.34. The molecule has 16 heavy (non-hydrogen) atoms. The molecule has 3 nitrogen and oxygen atoms in total. The summed E-state index contributed by atoms with van der Waals surface area (Å²) in [4.78, 5) is 0. The SMILES string of the molecule is COc1ccc(CC2CNC2)c(OC)c1C. The maximum Gasteiger partial charge on any atom is 0.128 e. The first-order valence-corrected chi connectivity index (χ1v) is 5.67. The van der Waals surface area contributed by atoms with Crippen molar-refractivity contribution in [2.75, 3.05) is 27.3 Å². The van der Waals surface area contributed by atoms with Crippen LogP contribution in [0.15, 0.2) is 12.1 Å². The van der Waals surface area contributed by atoms with Crippen LogP contribution in [0.1, 0.15) is 11.1 Å². The lowest BCUT2D eigenvalue weighted by Gasteiger charge is -2.28. The van der Waals surface area contributed by atoms with Crippen LogP contribution < -0.4 is 14.8 Å². The minimum atomic E-state index is 0.752. The molecule has 1 saturated heterocycles. The van der Waals surface area contributed by atoms with Crippen molar-refractivity contribution in [3.8, 4) is 11.5 Å². The number of hydrogen-bond acceptors (Lipinski definition) is 3. The summed E-state index contributed by atoms with van der Waals surface area (Å²) in [5, 5.41) is 3.29. The minimum Gasteiger partial charge on any atom is -0.496 e. The number of rotatable bonds is 4. The van der Waals surface area contributed by atoms with Crippen LogP contribution in [0.2, 0.25) is 0 Å². The molecule has 0 unspecified atom stereocenters. The Morgan fingerprint density at radius 3 is 2.50 bits per heavy atom. The van der Waals surface area contributed by atoms with Crippen molar-refractivity contribution in [2.24, 2.45) is 5.92 Å². The van der Waals surface area contributed by atoms with Crippen molar-refractivity contribution in [3.05, 3.63) is 23.3 Å². The molecule has 1 N–H and O–H groups in total. The Bertz CT molecular complexity index is 372. The molecule has 88 valence electrons. The van der Waals surface area contributed by atoms with Gasteiger partial charge in [-0.1, -0.05) is 6.07 Å². The fourth-order valence-corrected chi connectivity index (χ4v) is 2.20. The first-order chi connectivity index (χ1) is 7.76. The van der Waals surface area contributed by atoms with Gasteiger partial charge in [0.1, 0.15) is 11.5 Å². The summed E-state index contributed by atoms with van der Waals surface area (Å²) in [5.74, 6) is 2.63. The van der Waals surface area contributed by atoms with Gasteiger partial charge in [0.25, 0.3) is 0 Å². The average molecular weight is 221 g/mol. The van der Waals surface area contributed by atoms with Gasteiger partial charge in [0.05, 0.1) is 14.2 Å². The molecular weight excluding hydrogens is 202 g/mol. The Labute approximate surface area is 96.8 Å². The maximum atomic E-state index is 5.49. The molecule has 0 radical (unpaired) electrons. The summed E-state index contributed by atoms with van der Waals surface area (Å²) in [6, 6.07) is 4.14. The van der Waals surface area contributed by atoms with E-state index in [1.807, 2.05) is 13.0 Å². The van der Waals surface area contributed by atoms with Crippen molar-refractivity contribution >= 4 is 0 Å². The van der Waals surface area contributed by atoms with Crippen LogP contribution in [0, 0.1) is 12.8 Å². The zero-order valence-electron chi connectivity index (χ0n) is 10.2. The van der Waals surface area contributed by atoms with Crippen LogP contribution in [-0.4, -0.2) is 27.3 Å². The largest absolute Gasteiger partial charge is 0.496 e.